The van der Waals surface area contributed by atoms with E-state index in [4.69, 9.17) is 0 Å². The Labute approximate surface area is 132 Å². The van der Waals surface area contributed by atoms with Crippen LogP contribution in [0, 0.1) is 12.3 Å². The molecule has 0 saturated carbocycles. The molecule has 1 aromatic rings. The van der Waals surface area contributed by atoms with Gasteiger partial charge < -0.3 is 0 Å². The van der Waals surface area contributed by atoms with E-state index in [1.54, 1.807) is 12.1 Å². The Bertz CT molecular complexity index is 577. The molecular weight excluding hydrogens is 394 g/mol. The molecule has 1 unspecified atom stereocenters. The number of nitrogens with one attached hydrogen (secondary N) is 1. The molecule has 1 atom stereocenters. The zero-order chi connectivity index (χ0) is 15.0. The molecule has 1 aromatic carbocycles. The second-order valence-electron chi connectivity index (χ2n) is 5.74. The first kappa shape index (κ1) is 17.1. The fourth-order valence-corrected chi connectivity index (χ4v) is 4.43. The molecule has 0 saturated heterocycles. The Morgan fingerprint density at radius 2 is 1.68 bits per heavy atom. The molecule has 0 spiro atoms. The lowest BCUT2D eigenvalue weighted by Crippen LogP contribution is -2.41. The number of aryl methyl sites for hydroxylation is 1. The minimum Gasteiger partial charge on any atom is -0.208 e. The molecule has 0 aliphatic heterocycles. The summed E-state index contributed by atoms with van der Waals surface area (Å²) in [6.45, 7) is 9.78. The third-order valence-corrected chi connectivity index (χ3v) is 6.49. The lowest BCUT2D eigenvalue weighted by Gasteiger charge is -2.28. The maximum atomic E-state index is 12.4. The Hall–Kier alpha value is 0.0900. The van der Waals surface area contributed by atoms with Gasteiger partial charge in [-0.25, -0.2) is 13.1 Å². The van der Waals surface area contributed by atoms with Gasteiger partial charge in [0, 0.05) is 15.0 Å². The van der Waals surface area contributed by atoms with Crippen molar-refractivity contribution in [2.24, 2.45) is 5.41 Å². The molecule has 0 heterocycles. The quantitative estimate of drug-likeness (QED) is 0.807. The predicted molar refractivity (Wildman–Crippen MR) is 85.8 cm³/mol. The van der Waals surface area contributed by atoms with Gasteiger partial charge in [-0.15, -0.1) is 0 Å². The number of benzene rings is 1. The third kappa shape index (κ3) is 4.28. The van der Waals surface area contributed by atoms with Gasteiger partial charge >= 0.3 is 0 Å². The van der Waals surface area contributed by atoms with Gasteiger partial charge in [0.1, 0.15) is 0 Å². The topological polar surface area (TPSA) is 46.2 Å². The highest BCUT2D eigenvalue weighted by Crippen LogP contribution is 2.30. The van der Waals surface area contributed by atoms with Crippen molar-refractivity contribution < 1.29 is 8.42 Å². The lowest BCUT2D eigenvalue weighted by molar-refractivity contribution is 0.317. The van der Waals surface area contributed by atoms with Crippen molar-refractivity contribution in [2.75, 3.05) is 0 Å². The molecule has 0 fully saturated rings. The molecule has 0 amide bonds. The summed E-state index contributed by atoms with van der Waals surface area (Å²) in [4.78, 5) is 0.251. The molecule has 0 bridgehead atoms. The van der Waals surface area contributed by atoms with E-state index in [0.29, 0.717) is 4.47 Å². The minimum atomic E-state index is -3.54. The lowest BCUT2D eigenvalue weighted by atomic mass is 9.89. The summed E-state index contributed by atoms with van der Waals surface area (Å²) in [6, 6.07) is 3.25. The van der Waals surface area contributed by atoms with Gasteiger partial charge in [-0.05, 0) is 52.9 Å². The van der Waals surface area contributed by atoms with Gasteiger partial charge in [-0.3, -0.25) is 0 Å². The van der Waals surface area contributed by atoms with Gasteiger partial charge in [0.2, 0.25) is 10.0 Å². The van der Waals surface area contributed by atoms with E-state index in [0.717, 1.165) is 10.0 Å². The average molecular weight is 413 g/mol. The van der Waals surface area contributed by atoms with Crippen LogP contribution in [0.25, 0.3) is 0 Å². The van der Waals surface area contributed by atoms with Crippen LogP contribution in [0.5, 0.6) is 0 Å². The highest BCUT2D eigenvalue weighted by Gasteiger charge is 2.27. The average Bonchev–Trinajstić information content (AvgIpc) is 2.21. The van der Waals surface area contributed by atoms with E-state index in [9.17, 15) is 8.42 Å². The Morgan fingerprint density at radius 1 is 1.16 bits per heavy atom. The van der Waals surface area contributed by atoms with Crippen molar-refractivity contribution in [3.8, 4) is 0 Å². The first-order chi connectivity index (χ1) is 8.45. The third-order valence-electron chi connectivity index (χ3n) is 3.13. The monoisotopic (exact) mass is 411 g/mol. The summed E-state index contributed by atoms with van der Waals surface area (Å²) in [6.07, 6.45) is 0. The van der Waals surface area contributed by atoms with Gasteiger partial charge in [0.25, 0.3) is 0 Å². The van der Waals surface area contributed by atoms with E-state index < -0.39 is 10.0 Å². The normalized spacial score (nSPS) is 14.5. The van der Waals surface area contributed by atoms with Gasteiger partial charge in [0.15, 0.2) is 0 Å². The SMILES string of the molecule is Cc1cc(Br)c(S(=O)(=O)NC(C)C(C)(C)C)cc1Br. The van der Waals surface area contributed by atoms with E-state index in [1.165, 1.54) is 0 Å². The van der Waals surface area contributed by atoms with Crippen molar-refractivity contribution in [1.29, 1.82) is 0 Å². The molecule has 1 N–H and O–H groups in total. The summed E-state index contributed by atoms with van der Waals surface area (Å²) >= 11 is 6.68. The van der Waals surface area contributed by atoms with Crippen molar-refractivity contribution >= 4 is 41.9 Å². The van der Waals surface area contributed by atoms with Crippen LogP contribution < -0.4 is 4.72 Å². The molecule has 6 heteroatoms. The van der Waals surface area contributed by atoms with Crippen LogP contribution in [0.15, 0.2) is 26.0 Å². The number of hydrogen-bond acceptors (Lipinski definition) is 2. The number of hydrogen-bond donors (Lipinski definition) is 1. The van der Waals surface area contributed by atoms with Gasteiger partial charge in [-0.1, -0.05) is 36.7 Å². The molecule has 19 heavy (non-hydrogen) atoms. The van der Waals surface area contributed by atoms with Crippen LogP contribution in [0.3, 0.4) is 0 Å². The molecule has 0 aliphatic carbocycles. The summed E-state index contributed by atoms with van der Waals surface area (Å²) in [5, 5.41) is 0. The zero-order valence-corrected chi connectivity index (χ0v) is 15.7. The minimum absolute atomic E-state index is 0.137. The predicted octanol–water partition coefficient (Wildman–Crippen LogP) is 4.23. The van der Waals surface area contributed by atoms with Crippen LogP contribution >= 0.6 is 31.9 Å². The second-order valence-corrected chi connectivity index (χ2v) is 9.13. The van der Waals surface area contributed by atoms with Crippen molar-refractivity contribution in [3.05, 3.63) is 26.6 Å². The standard InChI is InChI=1S/C13H19Br2NO2S/c1-8-6-11(15)12(7-10(8)14)19(17,18)16-9(2)13(3,4)5/h6-7,9,16H,1-5H3. The van der Waals surface area contributed by atoms with Crippen LogP contribution in [0.1, 0.15) is 33.3 Å². The Kier molecular flexibility index (Phi) is 5.26. The van der Waals surface area contributed by atoms with Crippen LogP contribution in [-0.2, 0) is 10.0 Å². The molecule has 108 valence electrons. The fourth-order valence-electron chi connectivity index (χ4n) is 1.31. The summed E-state index contributed by atoms with van der Waals surface area (Å²) < 4.78 is 28.9. The highest BCUT2D eigenvalue weighted by atomic mass is 79.9. The van der Waals surface area contributed by atoms with Crippen LogP contribution in [-0.4, -0.2) is 14.5 Å². The molecule has 0 aliphatic rings. The Balaban J connectivity index is 3.19. The smallest absolute Gasteiger partial charge is 0.208 e. The molecule has 0 aromatic heterocycles. The van der Waals surface area contributed by atoms with Gasteiger partial charge in [0.05, 0.1) is 4.90 Å². The Morgan fingerprint density at radius 3 is 2.16 bits per heavy atom. The van der Waals surface area contributed by atoms with E-state index in [-0.39, 0.29) is 16.4 Å². The first-order valence-electron chi connectivity index (χ1n) is 5.93. The summed E-state index contributed by atoms with van der Waals surface area (Å²) in [5.74, 6) is 0. The zero-order valence-electron chi connectivity index (χ0n) is 11.7. The largest absolute Gasteiger partial charge is 0.241 e. The van der Waals surface area contributed by atoms with E-state index in [1.807, 2.05) is 34.6 Å². The molecule has 3 nitrogen and oxygen atoms in total. The van der Waals surface area contributed by atoms with Crippen molar-refractivity contribution in [3.63, 3.8) is 0 Å². The summed E-state index contributed by atoms with van der Waals surface area (Å²) in [5.41, 5.74) is 0.844. The number of sulfonamides is 1. The van der Waals surface area contributed by atoms with Crippen molar-refractivity contribution in [1.82, 2.24) is 4.72 Å². The van der Waals surface area contributed by atoms with Crippen molar-refractivity contribution in [2.45, 2.75) is 45.6 Å². The number of halogens is 2. The molecule has 1 rings (SSSR count). The highest BCUT2D eigenvalue weighted by molar-refractivity contribution is 9.11. The van der Waals surface area contributed by atoms with Crippen LogP contribution in [0.4, 0.5) is 0 Å². The van der Waals surface area contributed by atoms with Gasteiger partial charge in [-0.2, -0.15) is 0 Å². The van der Waals surface area contributed by atoms with Crippen LogP contribution in [0.2, 0.25) is 0 Å². The maximum absolute atomic E-state index is 12.4. The second kappa shape index (κ2) is 5.84. The van der Waals surface area contributed by atoms with E-state index in [2.05, 4.69) is 36.6 Å². The molecular formula is C13H19Br2NO2S. The fraction of sp³-hybridized carbons (Fsp3) is 0.538. The summed E-state index contributed by atoms with van der Waals surface area (Å²) in [7, 11) is -3.54. The number of rotatable bonds is 3. The van der Waals surface area contributed by atoms with E-state index >= 15 is 0 Å². The molecule has 0 radical (unpaired) electrons. The maximum Gasteiger partial charge on any atom is 0.241 e. The first-order valence-corrected chi connectivity index (χ1v) is 9.00.